The van der Waals surface area contributed by atoms with E-state index < -0.39 is 10.9 Å². The van der Waals surface area contributed by atoms with Gasteiger partial charge < -0.3 is 9.84 Å². The third-order valence-corrected chi connectivity index (χ3v) is 1.65. The number of carboxylic acids is 1. The number of nitrogens with zero attached hydrogens (tertiary/aromatic N) is 3. The van der Waals surface area contributed by atoms with E-state index >= 15 is 0 Å². The fourth-order valence-electron chi connectivity index (χ4n) is 0.989. The van der Waals surface area contributed by atoms with Crippen molar-refractivity contribution in [3.63, 3.8) is 0 Å². The van der Waals surface area contributed by atoms with Gasteiger partial charge in [-0.15, -0.1) is 5.10 Å². The molecule has 0 spiro atoms. The molecule has 0 aliphatic carbocycles. The second-order valence-electron chi connectivity index (χ2n) is 2.69. The molecule has 0 atom stereocenters. The van der Waals surface area contributed by atoms with Crippen molar-refractivity contribution in [1.29, 1.82) is 0 Å². The van der Waals surface area contributed by atoms with Gasteiger partial charge >= 0.3 is 17.5 Å². The van der Waals surface area contributed by atoms with Crippen LogP contribution in [0.2, 0.25) is 0 Å². The molecule has 82 valence electrons. The molecule has 0 saturated carbocycles. The first-order chi connectivity index (χ1) is 7.04. The molecule has 15 heavy (non-hydrogen) atoms. The van der Waals surface area contributed by atoms with Crippen molar-refractivity contribution in [2.45, 2.75) is 13.0 Å². The SMILES string of the molecule is COc1nn(CCC(=O)O)cc1[N+](=O)[O-]. The summed E-state index contributed by atoms with van der Waals surface area (Å²) in [5, 5.41) is 22.6. The minimum absolute atomic E-state index is 0.0690. The fraction of sp³-hybridized carbons (Fsp3) is 0.429. The van der Waals surface area contributed by atoms with E-state index in [9.17, 15) is 14.9 Å². The lowest BCUT2D eigenvalue weighted by atomic mass is 10.4. The lowest BCUT2D eigenvalue weighted by Gasteiger charge is -1.95. The van der Waals surface area contributed by atoms with Crippen LogP contribution in [0.4, 0.5) is 5.69 Å². The average Bonchev–Trinajstić information content (AvgIpc) is 2.57. The summed E-state index contributed by atoms with van der Waals surface area (Å²) in [7, 11) is 1.26. The van der Waals surface area contributed by atoms with Crippen LogP contribution < -0.4 is 4.74 Å². The van der Waals surface area contributed by atoms with Crippen LogP contribution in [-0.2, 0) is 11.3 Å². The number of aryl methyl sites for hydroxylation is 1. The van der Waals surface area contributed by atoms with Gasteiger partial charge in [-0.05, 0) is 0 Å². The van der Waals surface area contributed by atoms with Crippen LogP contribution in [0.5, 0.6) is 5.88 Å². The molecule has 0 unspecified atom stereocenters. The number of hydrogen-bond donors (Lipinski definition) is 1. The zero-order valence-electron chi connectivity index (χ0n) is 7.91. The van der Waals surface area contributed by atoms with E-state index in [4.69, 9.17) is 5.11 Å². The predicted octanol–water partition coefficient (Wildman–Crippen LogP) is 0.275. The molecule has 1 aromatic heterocycles. The first-order valence-corrected chi connectivity index (χ1v) is 4.02. The average molecular weight is 215 g/mol. The molecule has 0 amide bonds. The molecule has 1 N–H and O–H groups in total. The van der Waals surface area contributed by atoms with Crippen molar-refractivity contribution in [2.24, 2.45) is 0 Å². The fourth-order valence-corrected chi connectivity index (χ4v) is 0.989. The van der Waals surface area contributed by atoms with Gasteiger partial charge in [-0.3, -0.25) is 19.6 Å². The second kappa shape index (κ2) is 4.40. The molecule has 1 rings (SSSR count). The van der Waals surface area contributed by atoms with E-state index in [0.29, 0.717) is 0 Å². The Labute approximate surface area is 84.2 Å². The third-order valence-electron chi connectivity index (χ3n) is 1.65. The molecule has 0 aliphatic rings. The Hall–Kier alpha value is -2.12. The molecule has 0 aromatic carbocycles. The molecule has 0 aliphatic heterocycles. The predicted molar refractivity (Wildman–Crippen MR) is 47.7 cm³/mol. The van der Waals surface area contributed by atoms with Crippen molar-refractivity contribution in [3.8, 4) is 5.88 Å². The van der Waals surface area contributed by atoms with E-state index in [1.54, 1.807) is 0 Å². The highest BCUT2D eigenvalue weighted by molar-refractivity contribution is 5.66. The summed E-state index contributed by atoms with van der Waals surface area (Å²) in [6.07, 6.45) is 0.990. The maximum atomic E-state index is 10.5. The number of ether oxygens (including phenoxy) is 1. The number of aliphatic carboxylic acids is 1. The maximum absolute atomic E-state index is 10.5. The molecule has 0 bridgehead atoms. The molecule has 1 heterocycles. The van der Waals surface area contributed by atoms with E-state index in [0.717, 1.165) is 6.20 Å². The van der Waals surface area contributed by atoms with Gasteiger partial charge in [0.15, 0.2) is 0 Å². The number of hydrogen-bond acceptors (Lipinski definition) is 5. The molecular weight excluding hydrogens is 206 g/mol. The quantitative estimate of drug-likeness (QED) is 0.558. The number of carbonyl (C=O) groups is 1. The first-order valence-electron chi connectivity index (χ1n) is 4.02. The van der Waals surface area contributed by atoms with Crippen LogP contribution in [-0.4, -0.2) is 32.9 Å². The van der Waals surface area contributed by atoms with E-state index in [-0.39, 0.29) is 24.5 Å². The molecule has 0 fully saturated rings. The molecule has 8 nitrogen and oxygen atoms in total. The van der Waals surface area contributed by atoms with Crippen molar-refractivity contribution in [1.82, 2.24) is 9.78 Å². The topological polar surface area (TPSA) is 107 Å². The molecule has 0 radical (unpaired) electrons. The zero-order valence-corrected chi connectivity index (χ0v) is 7.91. The normalized spacial score (nSPS) is 9.93. The van der Waals surface area contributed by atoms with E-state index in [1.165, 1.54) is 11.8 Å². The summed E-state index contributed by atoms with van der Waals surface area (Å²) in [6, 6.07) is 0. The van der Waals surface area contributed by atoms with Crippen LogP contribution in [0.15, 0.2) is 6.20 Å². The molecule has 0 saturated heterocycles. The summed E-state index contributed by atoms with van der Waals surface area (Å²) < 4.78 is 5.84. The van der Waals surface area contributed by atoms with Gasteiger partial charge in [-0.2, -0.15) is 0 Å². The lowest BCUT2D eigenvalue weighted by molar-refractivity contribution is -0.385. The Morgan fingerprint density at radius 1 is 1.80 bits per heavy atom. The largest absolute Gasteiger partial charge is 0.481 e. The molecular formula is C7H9N3O5. The number of nitro groups is 1. The highest BCUT2D eigenvalue weighted by Gasteiger charge is 2.20. The monoisotopic (exact) mass is 215 g/mol. The molecule has 1 aromatic rings. The first kappa shape index (κ1) is 11.0. The minimum Gasteiger partial charge on any atom is -0.481 e. The van der Waals surface area contributed by atoms with Gasteiger partial charge in [0.25, 0.3) is 0 Å². The Balaban J connectivity index is 2.83. The number of carboxylic acid groups (broad SMARTS) is 1. The number of rotatable bonds is 5. The summed E-state index contributed by atoms with van der Waals surface area (Å²) >= 11 is 0. The van der Waals surface area contributed by atoms with Gasteiger partial charge in [0.2, 0.25) is 0 Å². The van der Waals surface area contributed by atoms with Crippen LogP contribution in [0.25, 0.3) is 0 Å². The van der Waals surface area contributed by atoms with Gasteiger partial charge in [0, 0.05) is 0 Å². The van der Waals surface area contributed by atoms with Gasteiger partial charge in [0.05, 0.1) is 25.0 Å². The van der Waals surface area contributed by atoms with Gasteiger partial charge in [0.1, 0.15) is 6.20 Å². The standard InChI is InChI=1S/C7H9N3O5/c1-15-7-5(10(13)14)4-9(8-7)3-2-6(11)12/h4H,2-3H2,1H3,(H,11,12). The van der Waals surface area contributed by atoms with Crippen LogP contribution in [0.1, 0.15) is 6.42 Å². The summed E-state index contributed by atoms with van der Waals surface area (Å²) in [6.45, 7) is 0.0690. The highest BCUT2D eigenvalue weighted by Crippen LogP contribution is 2.23. The highest BCUT2D eigenvalue weighted by atomic mass is 16.6. The van der Waals surface area contributed by atoms with Crippen LogP contribution >= 0.6 is 0 Å². The van der Waals surface area contributed by atoms with E-state index in [2.05, 4.69) is 9.84 Å². The third kappa shape index (κ3) is 2.66. The number of aromatic nitrogens is 2. The molecule has 8 heteroatoms. The number of methoxy groups -OCH3 is 1. The Morgan fingerprint density at radius 2 is 2.47 bits per heavy atom. The Bertz CT molecular complexity index is 386. The van der Waals surface area contributed by atoms with E-state index in [1.807, 2.05) is 0 Å². The lowest BCUT2D eigenvalue weighted by Crippen LogP contribution is -2.04. The van der Waals surface area contributed by atoms with Gasteiger partial charge in [-0.25, -0.2) is 0 Å². The van der Waals surface area contributed by atoms with Crippen LogP contribution in [0, 0.1) is 10.1 Å². The minimum atomic E-state index is -0.993. The van der Waals surface area contributed by atoms with Crippen LogP contribution in [0.3, 0.4) is 0 Å². The van der Waals surface area contributed by atoms with Crippen molar-refractivity contribution in [3.05, 3.63) is 16.3 Å². The van der Waals surface area contributed by atoms with Crippen molar-refractivity contribution in [2.75, 3.05) is 7.11 Å². The van der Waals surface area contributed by atoms with Gasteiger partial charge in [-0.1, -0.05) is 0 Å². The Kier molecular flexibility index (Phi) is 3.21. The van der Waals surface area contributed by atoms with Crippen molar-refractivity contribution >= 4 is 11.7 Å². The summed E-state index contributed by atoms with van der Waals surface area (Å²) in [5.74, 6) is -1.11. The second-order valence-corrected chi connectivity index (χ2v) is 2.69. The zero-order chi connectivity index (χ0) is 11.4. The maximum Gasteiger partial charge on any atom is 0.350 e. The summed E-state index contributed by atoms with van der Waals surface area (Å²) in [4.78, 5) is 20.1. The Morgan fingerprint density at radius 3 is 2.87 bits per heavy atom. The smallest absolute Gasteiger partial charge is 0.350 e. The summed E-state index contributed by atoms with van der Waals surface area (Å²) in [5.41, 5.74) is -0.275. The van der Waals surface area contributed by atoms with Crippen molar-refractivity contribution < 1.29 is 19.6 Å².